The lowest BCUT2D eigenvalue weighted by Gasteiger charge is -2.02. The van der Waals surface area contributed by atoms with Crippen LogP contribution in [-0.4, -0.2) is 15.9 Å². The SMILES string of the molecule is O=C(Nc1nccc(=O)[nH]1)c1ccccc1. The van der Waals surface area contributed by atoms with Crippen LogP contribution in [0, 0.1) is 0 Å². The highest BCUT2D eigenvalue weighted by molar-refractivity contribution is 6.03. The molecule has 0 bridgehead atoms. The van der Waals surface area contributed by atoms with E-state index in [1.165, 1.54) is 12.3 Å². The van der Waals surface area contributed by atoms with Crippen molar-refractivity contribution in [1.82, 2.24) is 9.97 Å². The second-order valence-corrected chi connectivity index (χ2v) is 3.10. The van der Waals surface area contributed by atoms with E-state index in [-0.39, 0.29) is 17.4 Å². The van der Waals surface area contributed by atoms with Gasteiger partial charge in [0, 0.05) is 17.8 Å². The first-order chi connectivity index (χ1) is 7.75. The monoisotopic (exact) mass is 215 g/mol. The Kier molecular flexibility index (Phi) is 2.77. The first-order valence-electron chi connectivity index (χ1n) is 4.67. The highest BCUT2D eigenvalue weighted by atomic mass is 16.2. The summed E-state index contributed by atoms with van der Waals surface area (Å²) in [7, 11) is 0. The van der Waals surface area contributed by atoms with E-state index in [9.17, 15) is 9.59 Å². The van der Waals surface area contributed by atoms with Crippen LogP contribution in [0.5, 0.6) is 0 Å². The van der Waals surface area contributed by atoms with Gasteiger partial charge in [-0.3, -0.25) is 19.9 Å². The lowest BCUT2D eigenvalue weighted by atomic mass is 10.2. The fourth-order valence-corrected chi connectivity index (χ4v) is 1.20. The fourth-order valence-electron chi connectivity index (χ4n) is 1.20. The molecule has 5 nitrogen and oxygen atoms in total. The number of aromatic amines is 1. The number of rotatable bonds is 2. The molecule has 0 aliphatic rings. The Hall–Kier alpha value is -2.43. The van der Waals surface area contributed by atoms with Gasteiger partial charge in [-0.15, -0.1) is 0 Å². The average molecular weight is 215 g/mol. The van der Waals surface area contributed by atoms with Gasteiger partial charge in [0.1, 0.15) is 0 Å². The summed E-state index contributed by atoms with van der Waals surface area (Å²) in [5, 5.41) is 2.49. The van der Waals surface area contributed by atoms with Crippen molar-refractivity contribution < 1.29 is 4.79 Å². The van der Waals surface area contributed by atoms with Gasteiger partial charge >= 0.3 is 0 Å². The summed E-state index contributed by atoms with van der Waals surface area (Å²) in [6.45, 7) is 0. The van der Waals surface area contributed by atoms with Gasteiger partial charge in [-0.2, -0.15) is 0 Å². The molecule has 0 fully saturated rings. The first kappa shape index (κ1) is 10.1. The van der Waals surface area contributed by atoms with E-state index in [4.69, 9.17) is 0 Å². The Morgan fingerprint density at radius 1 is 1.19 bits per heavy atom. The maximum Gasteiger partial charge on any atom is 0.257 e. The molecule has 0 aliphatic heterocycles. The number of carbonyl (C=O) groups is 1. The standard InChI is InChI=1S/C11H9N3O2/c15-9-6-7-12-11(13-9)14-10(16)8-4-2-1-3-5-8/h1-7H,(H2,12,13,14,15,16). The highest BCUT2D eigenvalue weighted by Crippen LogP contribution is 2.01. The van der Waals surface area contributed by atoms with Gasteiger partial charge < -0.3 is 0 Å². The summed E-state index contributed by atoms with van der Waals surface area (Å²) in [4.78, 5) is 28.8. The molecular weight excluding hydrogens is 206 g/mol. The Balaban J connectivity index is 2.17. The van der Waals surface area contributed by atoms with Crippen LogP contribution in [-0.2, 0) is 0 Å². The number of nitrogens with zero attached hydrogens (tertiary/aromatic N) is 1. The van der Waals surface area contributed by atoms with Gasteiger partial charge in [-0.25, -0.2) is 4.98 Å². The molecule has 0 spiro atoms. The number of aromatic nitrogens is 2. The van der Waals surface area contributed by atoms with Crippen LogP contribution in [0.15, 0.2) is 47.4 Å². The molecule has 2 rings (SSSR count). The molecule has 5 heteroatoms. The second kappa shape index (κ2) is 4.39. The Morgan fingerprint density at radius 2 is 1.94 bits per heavy atom. The molecule has 0 atom stereocenters. The van der Waals surface area contributed by atoms with Crippen LogP contribution in [0.3, 0.4) is 0 Å². The third kappa shape index (κ3) is 2.33. The van der Waals surface area contributed by atoms with E-state index in [1.807, 2.05) is 6.07 Å². The molecule has 16 heavy (non-hydrogen) atoms. The molecule has 2 N–H and O–H groups in total. The van der Waals surface area contributed by atoms with Crippen molar-refractivity contribution in [2.75, 3.05) is 5.32 Å². The van der Waals surface area contributed by atoms with Crippen molar-refractivity contribution in [1.29, 1.82) is 0 Å². The zero-order valence-electron chi connectivity index (χ0n) is 8.31. The molecule has 0 saturated carbocycles. The van der Waals surface area contributed by atoms with Gasteiger partial charge in [-0.1, -0.05) is 18.2 Å². The molecule has 0 unspecified atom stereocenters. The lowest BCUT2D eigenvalue weighted by Crippen LogP contribution is -2.17. The summed E-state index contributed by atoms with van der Waals surface area (Å²) in [5.41, 5.74) is 0.201. The number of H-pyrrole nitrogens is 1. The number of anilines is 1. The van der Waals surface area contributed by atoms with Gasteiger partial charge in [0.2, 0.25) is 5.95 Å². The minimum atomic E-state index is -0.310. The first-order valence-corrected chi connectivity index (χ1v) is 4.67. The molecule has 1 heterocycles. The van der Waals surface area contributed by atoms with Crippen molar-refractivity contribution in [3.8, 4) is 0 Å². The third-order valence-corrected chi connectivity index (χ3v) is 1.94. The molecule has 1 amide bonds. The van der Waals surface area contributed by atoms with E-state index in [0.29, 0.717) is 5.56 Å². The quantitative estimate of drug-likeness (QED) is 0.785. The molecule has 1 aromatic carbocycles. The van der Waals surface area contributed by atoms with E-state index < -0.39 is 0 Å². The minimum absolute atomic E-state index is 0.140. The maximum atomic E-state index is 11.7. The number of hydrogen-bond donors (Lipinski definition) is 2. The van der Waals surface area contributed by atoms with Crippen LogP contribution in [0.2, 0.25) is 0 Å². The number of carbonyl (C=O) groups excluding carboxylic acids is 1. The van der Waals surface area contributed by atoms with Crippen LogP contribution in [0.4, 0.5) is 5.95 Å². The van der Waals surface area contributed by atoms with Crippen LogP contribution in [0.25, 0.3) is 0 Å². The van der Waals surface area contributed by atoms with Crippen molar-refractivity contribution >= 4 is 11.9 Å². The van der Waals surface area contributed by atoms with Crippen molar-refractivity contribution in [2.24, 2.45) is 0 Å². The largest absolute Gasteiger partial charge is 0.292 e. The number of hydrogen-bond acceptors (Lipinski definition) is 3. The van der Waals surface area contributed by atoms with Crippen LogP contribution in [0.1, 0.15) is 10.4 Å². The van der Waals surface area contributed by atoms with Crippen molar-refractivity contribution in [2.45, 2.75) is 0 Å². The molecule has 0 aliphatic carbocycles. The molecule has 0 radical (unpaired) electrons. The van der Waals surface area contributed by atoms with Crippen LogP contribution >= 0.6 is 0 Å². The van der Waals surface area contributed by atoms with E-state index in [0.717, 1.165) is 0 Å². The predicted octanol–water partition coefficient (Wildman–Crippen LogP) is 1.02. The summed E-state index contributed by atoms with van der Waals surface area (Å²) in [6, 6.07) is 9.97. The molecular formula is C11H9N3O2. The lowest BCUT2D eigenvalue weighted by molar-refractivity contribution is 0.102. The topological polar surface area (TPSA) is 74.8 Å². The number of amides is 1. The van der Waals surface area contributed by atoms with Gasteiger partial charge in [0.15, 0.2) is 0 Å². The smallest absolute Gasteiger partial charge is 0.257 e. The zero-order valence-corrected chi connectivity index (χ0v) is 8.31. The molecule has 1 aromatic heterocycles. The summed E-state index contributed by atoms with van der Waals surface area (Å²) >= 11 is 0. The summed E-state index contributed by atoms with van der Waals surface area (Å²) in [6.07, 6.45) is 1.33. The molecule has 0 saturated heterocycles. The highest BCUT2D eigenvalue weighted by Gasteiger charge is 2.05. The summed E-state index contributed by atoms with van der Waals surface area (Å²) < 4.78 is 0. The zero-order chi connectivity index (χ0) is 11.4. The maximum absolute atomic E-state index is 11.7. The normalized spacial score (nSPS) is 9.75. The van der Waals surface area contributed by atoms with Gasteiger partial charge in [-0.05, 0) is 12.1 Å². The fraction of sp³-hybridized carbons (Fsp3) is 0. The third-order valence-electron chi connectivity index (χ3n) is 1.94. The average Bonchev–Trinajstić information content (AvgIpc) is 2.30. The number of nitrogens with one attached hydrogen (secondary N) is 2. The van der Waals surface area contributed by atoms with E-state index in [1.54, 1.807) is 24.3 Å². The van der Waals surface area contributed by atoms with E-state index in [2.05, 4.69) is 15.3 Å². The Labute approximate surface area is 91.2 Å². The van der Waals surface area contributed by atoms with Crippen molar-refractivity contribution in [3.63, 3.8) is 0 Å². The van der Waals surface area contributed by atoms with E-state index >= 15 is 0 Å². The minimum Gasteiger partial charge on any atom is -0.292 e. The summed E-state index contributed by atoms with van der Waals surface area (Å²) in [5.74, 6) is -0.170. The van der Waals surface area contributed by atoms with Gasteiger partial charge in [0.25, 0.3) is 11.5 Å². The number of benzene rings is 1. The molecule has 80 valence electrons. The Morgan fingerprint density at radius 3 is 2.62 bits per heavy atom. The van der Waals surface area contributed by atoms with Crippen molar-refractivity contribution in [3.05, 3.63) is 58.5 Å². The van der Waals surface area contributed by atoms with Crippen LogP contribution < -0.4 is 10.9 Å². The van der Waals surface area contributed by atoms with Gasteiger partial charge in [0.05, 0.1) is 0 Å². The predicted molar refractivity (Wildman–Crippen MR) is 59.3 cm³/mol. The molecule has 2 aromatic rings. The second-order valence-electron chi connectivity index (χ2n) is 3.10. The Bertz CT molecular complexity index is 548.